The van der Waals surface area contributed by atoms with Crippen molar-refractivity contribution >= 4 is 34.8 Å². The topological polar surface area (TPSA) is 67.8 Å². The van der Waals surface area contributed by atoms with Crippen molar-refractivity contribution in [2.24, 2.45) is 4.99 Å². The normalized spacial score (nSPS) is 15.2. The zero-order chi connectivity index (χ0) is 17.6. The number of hydrogen-bond acceptors (Lipinski definition) is 4. The molecule has 0 unspecified atom stereocenters. The molecule has 1 heterocycles. The molecule has 3 rings (SSSR count). The van der Waals surface area contributed by atoms with Crippen LogP contribution in [0.15, 0.2) is 64.5 Å². The lowest BCUT2D eigenvalue weighted by Crippen LogP contribution is -2.23. The molecule has 0 fully saturated rings. The number of nitrogens with one attached hydrogen (secondary N) is 1. The smallest absolute Gasteiger partial charge is 0.286 e. The minimum Gasteiger partial charge on any atom is -0.489 e. The van der Waals surface area contributed by atoms with Crippen molar-refractivity contribution in [1.29, 1.82) is 0 Å². The van der Waals surface area contributed by atoms with Crippen LogP contribution in [-0.2, 0) is 16.2 Å². The summed E-state index contributed by atoms with van der Waals surface area (Å²) >= 11 is 1.15. The molecule has 25 heavy (non-hydrogen) atoms. The highest BCUT2D eigenvalue weighted by Crippen LogP contribution is 2.28. The molecule has 1 aliphatic heterocycles. The third kappa shape index (κ3) is 4.81. The van der Waals surface area contributed by atoms with E-state index in [-0.39, 0.29) is 11.8 Å². The Bertz CT molecular complexity index is 860. The van der Waals surface area contributed by atoms with Gasteiger partial charge in [0.1, 0.15) is 12.4 Å². The second-order valence-electron chi connectivity index (χ2n) is 5.36. The lowest BCUT2D eigenvalue weighted by atomic mass is 10.2. The quantitative estimate of drug-likeness (QED) is 0.857. The summed E-state index contributed by atoms with van der Waals surface area (Å²) in [6.45, 7) is 1.85. The Morgan fingerprint density at radius 3 is 2.76 bits per heavy atom. The van der Waals surface area contributed by atoms with E-state index in [2.05, 4.69) is 10.3 Å². The van der Waals surface area contributed by atoms with E-state index in [0.29, 0.717) is 16.7 Å². The lowest BCUT2D eigenvalue weighted by molar-refractivity contribution is -0.117. The molecule has 126 valence electrons. The monoisotopic (exact) mass is 352 g/mol. The molecule has 0 saturated carbocycles. The number of aliphatic imine (C=N–C) groups is 1. The molecule has 0 aliphatic carbocycles. The number of rotatable bonds is 4. The van der Waals surface area contributed by atoms with Gasteiger partial charge in [-0.15, -0.1) is 0 Å². The van der Waals surface area contributed by atoms with E-state index in [1.807, 2.05) is 54.6 Å². The Morgan fingerprint density at radius 1 is 1.20 bits per heavy atom. The van der Waals surface area contributed by atoms with E-state index in [4.69, 9.17) is 4.74 Å². The van der Waals surface area contributed by atoms with E-state index in [1.165, 1.54) is 6.92 Å². The van der Waals surface area contributed by atoms with Crippen LogP contribution >= 0.6 is 11.8 Å². The second kappa shape index (κ2) is 7.81. The van der Waals surface area contributed by atoms with Crippen molar-refractivity contribution in [3.05, 3.63) is 70.6 Å². The van der Waals surface area contributed by atoms with Crippen molar-refractivity contribution in [2.45, 2.75) is 13.5 Å². The van der Waals surface area contributed by atoms with Crippen molar-refractivity contribution in [3.63, 3.8) is 0 Å². The summed E-state index contributed by atoms with van der Waals surface area (Å²) in [5, 5.41) is 2.83. The zero-order valence-electron chi connectivity index (χ0n) is 13.6. The molecule has 2 aromatic carbocycles. The van der Waals surface area contributed by atoms with Crippen molar-refractivity contribution in [3.8, 4) is 5.75 Å². The van der Waals surface area contributed by atoms with Crippen LogP contribution in [0, 0.1) is 0 Å². The number of ether oxygens (including phenoxy) is 1. The maximum Gasteiger partial charge on any atom is 0.286 e. The average molecular weight is 352 g/mol. The molecule has 0 saturated heterocycles. The number of carbonyl (C=O) groups excluding carboxylic acids is 2. The Hall–Kier alpha value is -2.86. The fourth-order valence-electron chi connectivity index (χ4n) is 2.20. The van der Waals surface area contributed by atoms with Gasteiger partial charge in [-0.25, -0.2) is 0 Å². The molecule has 6 heteroatoms. The molecule has 1 aliphatic rings. The molecular formula is C19H16N2O3S. The van der Waals surface area contributed by atoms with E-state index in [9.17, 15) is 9.59 Å². The average Bonchev–Trinajstić information content (AvgIpc) is 2.93. The highest BCUT2D eigenvalue weighted by molar-refractivity contribution is 8.18. The standard InChI is InChI=1S/C19H16N2O3S/c1-13(22)20-19-21-18(23)17(25-19)11-15-8-5-9-16(10-15)24-12-14-6-3-2-4-7-14/h2-11H,12H2,1H3,(H,20,21,22,23)/b17-11+. The van der Waals surface area contributed by atoms with Crippen LogP contribution in [0.2, 0.25) is 0 Å². The van der Waals surface area contributed by atoms with E-state index in [1.54, 1.807) is 6.08 Å². The number of amides is 2. The summed E-state index contributed by atoms with van der Waals surface area (Å²) in [5.41, 5.74) is 1.92. The first kappa shape index (κ1) is 17.0. The van der Waals surface area contributed by atoms with Crippen LogP contribution in [0.25, 0.3) is 6.08 Å². The number of nitrogens with zero attached hydrogens (tertiary/aromatic N) is 1. The lowest BCUT2D eigenvalue weighted by Gasteiger charge is -2.07. The van der Waals surface area contributed by atoms with Gasteiger partial charge in [0.05, 0.1) is 4.91 Å². The van der Waals surface area contributed by atoms with Gasteiger partial charge < -0.3 is 10.1 Å². The number of carbonyl (C=O) groups is 2. The van der Waals surface area contributed by atoms with Crippen LogP contribution in [0.1, 0.15) is 18.1 Å². The third-order valence-corrected chi connectivity index (χ3v) is 4.21. The van der Waals surface area contributed by atoms with Gasteiger partial charge in [-0.1, -0.05) is 42.5 Å². The zero-order valence-corrected chi connectivity index (χ0v) is 14.4. The predicted molar refractivity (Wildman–Crippen MR) is 99.0 cm³/mol. The van der Waals surface area contributed by atoms with Gasteiger partial charge in [-0.2, -0.15) is 4.99 Å². The van der Waals surface area contributed by atoms with Crippen molar-refractivity contribution < 1.29 is 14.3 Å². The van der Waals surface area contributed by atoms with Crippen LogP contribution in [0.3, 0.4) is 0 Å². The Morgan fingerprint density at radius 2 is 2.00 bits per heavy atom. The molecule has 0 bridgehead atoms. The number of benzene rings is 2. The van der Waals surface area contributed by atoms with Crippen LogP contribution in [0.4, 0.5) is 0 Å². The molecule has 0 radical (unpaired) electrons. The largest absolute Gasteiger partial charge is 0.489 e. The first-order chi connectivity index (χ1) is 12.1. The van der Waals surface area contributed by atoms with Crippen LogP contribution < -0.4 is 10.1 Å². The summed E-state index contributed by atoms with van der Waals surface area (Å²) < 4.78 is 5.79. The molecular weight excluding hydrogens is 336 g/mol. The summed E-state index contributed by atoms with van der Waals surface area (Å²) in [5.74, 6) is 0.109. The minimum absolute atomic E-state index is 0.253. The molecule has 5 nitrogen and oxygen atoms in total. The van der Waals surface area contributed by atoms with Crippen molar-refractivity contribution in [2.75, 3.05) is 0 Å². The number of hydrogen-bond donors (Lipinski definition) is 1. The molecule has 0 aromatic heterocycles. The van der Waals surface area contributed by atoms with Gasteiger partial charge in [0.15, 0.2) is 5.17 Å². The summed E-state index contributed by atoms with van der Waals surface area (Å²) in [6, 6.07) is 17.4. The SMILES string of the molecule is CC(=O)NC1=NC(=O)/C(=C\c2cccc(OCc3ccccc3)c2)S1. The molecule has 1 N–H and O–H groups in total. The van der Waals surface area contributed by atoms with Crippen LogP contribution in [-0.4, -0.2) is 17.0 Å². The third-order valence-electron chi connectivity index (χ3n) is 3.31. The van der Waals surface area contributed by atoms with Gasteiger partial charge in [0, 0.05) is 6.92 Å². The first-order valence-electron chi connectivity index (χ1n) is 7.67. The number of amidine groups is 1. The summed E-state index contributed by atoms with van der Waals surface area (Å²) in [4.78, 5) is 27.2. The Balaban J connectivity index is 1.68. The van der Waals surface area contributed by atoms with Gasteiger partial charge in [0.2, 0.25) is 5.91 Å². The second-order valence-corrected chi connectivity index (χ2v) is 6.39. The highest BCUT2D eigenvalue weighted by atomic mass is 32.2. The van der Waals surface area contributed by atoms with Gasteiger partial charge in [0.25, 0.3) is 5.91 Å². The maximum atomic E-state index is 11.9. The van der Waals surface area contributed by atoms with Crippen molar-refractivity contribution in [1.82, 2.24) is 5.32 Å². The summed E-state index contributed by atoms with van der Waals surface area (Å²) in [7, 11) is 0. The minimum atomic E-state index is -0.357. The maximum absolute atomic E-state index is 11.9. The van der Waals surface area contributed by atoms with Gasteiger partial charge in [-0.3, -0.25) is 9.59 Å². The molecule has 0 spiro atoms. The fraction of sp³-hybridized carbons (Fsp3) is 0.105. The van der Waals surface area contributed by atoms with Gasteiger partial charge >= 0.3 is 0 Å². The number of thioether (sulfide) groups is 1. The molecule has 2 aromatic rings. The highest BCUT2D eigenvalue weighted by Gasteiger charge is 2.22. The fourth-order valence-corrected chi connectivity index (χ4v) is 3.06. The van der Waals surface area contributed by atoms with Gasteiger partial charge in [-0.05, 0) is 41.1 Å². The Kier molecular flexibility index (Phi) is 5.30. The summed E-state index contributed by atoms with van der Waals surface area (Å²) in [6.07, 6.45) is 1.74. The van der Waals surface area contributed by atoms with E-state index < -0.39 is 0 Å². The van der Waals surface area contributed by atoms with E-state index >= 15 is 0 Å². The molecule has 2 amide bonds. The van der Waals surface area contributed by atoms with Crippen LogP contribution in [0.5, 0.6) is 5.75 Å². The first-order valence-corrected chi connectivity index (χ1v) is 8.49. The van der Waals surface area contributed by atoms with E-state index in [0.717, 1.165) is 28.6 Å². The Labute approximate surface area is 149 Å². The molecule has 0 atom stereocenters. The predicted octanol–water partition coefficient (Wildman–Crippen LogP) is 3.37.